The van der Waals surface area contributed by atoms with Crippen LogP contribution in [0.25, 0.3) is 21.9 Å². The van der Waals surface area contributed by atoms with Crippen LogP contribution >= 0.6 is 0 Å². The molecule has 2 N–H and O–H groups in total. The smallest absolute Gasteiger partial charge is 0.264 e. The molecule has 0 radical (unpaired) electrons. The Morgan fingerprint density at radius 3 is 2.67 bits per heavy atom. The standard InChI is InChI=1S/C23H13F2N5O2S/c24-18-8-9-19(30-33(31,32)20-5-1-3-15-4-2-10-26-22(15)20)21(25)17(18)7-6-14-11-16-13-28-29-23(16)27-12-14/h1-5,8-13,30H,(H,27,28,29). The molecule has 0 saturated carbocycles. The molecule has 0 bridgehead atoms. The third-order valence-electron chi connectivity index (χ3n) is 4.84. The van der Waals surface area contributed by atoms with Crippen molar-refractivity contribution in [2.24, 2.45) is 0 Å². The highest BCUT2D eigenvalue weighted by Crippen LogP contribution is 2.26. The monoisotopic (exact) mass is 461 g/mol. The van der Waals surface area contributed by atoms with E-state index in [4.69, 9.17) is 0 Å². The van der Waals surface area contributed by atoms with Crippen LogP contribution in [0.1, 0.15) is 11.1 Å². The van der Waals surface area contributed by atoms with Crippen molar-refractivity contribution in [3.8, 4) is 11.8 Å². The van der Waals surface area contributed by atoms with E-state index >= 15 is 4.39 Å². The first-order valence-electron chi connectivity index (χ1n) is 9.58. The lowest BCUT2D eigenvalue weighted by Crippen LogP contribution is -2.15. The van der Waals surface area contributed by atoms with Crippen molar-refractivity contribution in [3.05, 3.63) is 89.9 Å². The first kappa shape index (κ1) is 20.5. The molecule has 0 unspecified atom stereocenters. The Hall–Kier alpha value is -4.36. The fourth-order valence-electron chi connectivity index (χ4n) is 3.28. The van der Waals surface area contributed by atoms with Crippen LogP contribution in [0, 0.1) is 23.5 Å². The van der Waals surface area contributed by atoms with Crippen molar-refractivity contribution in [2.75, 3.05) is 4.72 Å². The second-order valence-corrected chi connectivity index (χ2v) is 8.65. The van der Waals surface area contributed by atoms with E-state index in [1.54, 1.807) is 36.5 Å². The predicted molar refractivity (Wildman–Crippen MR) is 119 cm³/mol. The largest absolute Gasteiger partial charge is 0.277 e. The Kier molecular flexibility index (Phi) is 4.95. The molecule has 162 valence electrons. The van der Waals surface area contributed by atoms with Gasteiger partial charge in [-0.05, 0) is 30.3 Å². The Labute approximate surface area is 186 Å². The lowest BCUT2D eigenvalue weighted by atomic mass is 10.1. The lowest BCUT2D eigenvalue weighted by molar-refractivity contribution is 0.578. The topological polar surface area (TPSA) is 101 Å². The molecular formula is C23H13F2N5O2S. The first-order chi connectivity index (χ1) is 15.9. The van der Waals surface area contributed by atoms with Crippen LogP contribution in [0.5, 0.6) is 0 Å². The maximum absolute atomic E-state index is 15.1. The summed E-state index contributed by atoms with van der Waals surface area (Å²) in [5, 5.41) is 7.84. The van der Waals surface area contributed by atoms with Gasteiger partial charge < -0.3 is 0 Å². The Morgan fingerprint density at radius 2 is 1.79 bits per heavy atom. The van der Waals surface area contributed by atoms with Gasteiger partial charge in [0.2, 0.25) is 0 Å². The summed E-state index contributed by atoms with van der Waals surface area (Å²) in [6.07, 6.45) is 4.44. The molecule has 0 aliphatic carbocycles. The highest BCUT2D eigenvalue weighted by molar-refractivity contribution is 7.93. The first-order valence-corrected chi connectivity index (χ1v) is 11.1. The molecule has 3 heterocycles. The van der Waals surface area contributed by atoms with Gasteiger partial charge in [-0.1, -0.05) is 30.0 Å². The van der Waals surface area contributed by atoms with Gasteiger partial charge in [0.05, 0.1) is 23.0 Å². The molecule has 0 aliphatic rings. The number of anilines is 1. The molecule has 10 heteroatoms. The minimum Gasteiger partial charge on any atom is -0.277 e. The van der Waals surface area contributed by atoms with E-state index in [9.17, 15) is 12.8 Å². The molecule has 5 rings (SSSR count). The van der Waals surface area contributed by atoms with Crippen molar-refractivity contribution in [3.63, 3.8) is 0 Å². The van der Waals surface area contributed by atoms with Crippen LogP contribution in [-0.4, -0.2) is 28.6 Å². The highest BCUT2D eigenvalue weighted by atomic mass is 32.2. The van der Waals surface area contributed by atoms with E-state index in [2.05, 4.69) is 36.7 Å². The molecule has 5 aromatic rings. The van der Waals surface area contributed by atoms with Crippen molar-refractivity contribution in [1.82, 2.24) is 20.2 Å². The van der Waals surface area contributed by atoms with Gasteiger partial charge in [0, 0.05) is 28.7 Å². The summed E-state index contributed by atoms with van der Waals surface area (Å²) in [5.41, 5.74) is 0.195. The van der Waals surface area contributed by atoms with Crippen molar-refractivity contribution >= 4 is 37.6 Å². The molecule has 3 aromatic heterocycles. The van der Waals surface area contributed by atoms with Gasteiger partial charge in [-0.15, -0.1) is 0 Å². The molecular weight excluding hydrogens is 448 g/mol. The van der Waals surface area contributed by atoms with Crippen LogP contribution in [0.2, 0.25) is 0 Å². The number of aromatic nitrogens is 4. The number of sulfonamides is 1. The van der Waals surface area contributed by atoms with Crippen LogP contribution in [-0.2, 0) is 10.0 Å². The molecule has 7 nitrogen and oxygen atoms in total. The van der Waals surface area contributed by atoms with Crippen molar-refractivity contribution < 1.29 is 17.2 Å². The molecule has 0 aliphatic heterocycles. The maximum Gasteiger partial charge on any atom is 0.264 e. The minimum absolute atomic E-state index is 0.128. The summed E-state index contributed by atoms with van der Waals surface area (Å²) in [6, 6.07) is 11.6. The zero-order valence-corrected chi connectivity index (χ0v) is 17.5. The quantitative estimate of drug-likeness (QED) is 0.396. The van der Waals surface area contributed by atoms with E-state index in [0.717, 1.165) is 12.1 Å². The number of aromatic amines is 1. The minimum atomic E-state index is -4.22. The normalized spacial score (nSPS) is 11.3. The van der Waals surface area contributed by atoms with Crippen LogP contribution in [0.3, 0.4) is 0 Å². The number of pyridine rings is 2. The molecule has 0 fully saturated rings. The molecule has 0 spiro atoms. The molecule has 2 aromatic carbocycles. The Balaban J connectivity index is 1.52. The summed E-state index contributed by atoms with van der Waals surface area (Å²) >= 11 is 0. The number of H-pyrrole nitrogens is 1. The number of hydrogen-bond donors (Lipinski definition) is 2. The fourth-order valence-corrected chi connectivity index (χ4v) is 4.52. The van der Waals surface area contributed by atoms with Crippen LogP contribution in [0.15, 0.2) is 72.0 Å². The zero-order chi connectivity index (χ0) is 23.0. The summed E-state index contributed by atoms with van der Waals surface area (Å²) in [4.78, 5) is 8.10. The number of para-hydroxylation sites is 1. The second-order valence-electron chi connectivity index (χ2n) is 7.00. The van der Waals surface area contributed by atoms with Crippen LogP contribution in [0.4, 0.5) is 14.5 Å². The van der Waals surface area contributed by atoms with Crippen molar-refractivity contribution in [2.45, 2.75) is 4.90 Å². The Bertz CT molecular complexity index is 1700. The van der Waals surface area contributed by atoms with E-state index in [1.165, 1.54) is 18.5 Å². The fraction of sp³-hybridized carbons (Fsp3) is 0. The average molecular weight is 461 g/mol. The zero-order valence-electron chi connectivity index (χ0n) is 16.7. The van der Waals surface area contributed by atoms with Gasteiger partial charge in [-0.2, -0.15) is 5.10 Å². The SMILES string of the molecule is O=S(=O)(Nc1ccc(F)c(C#Cc2cnc3[nH]ncc3c2)c1F)c1cccc2cccnc12. The molecule has 0 atom stereocenters. The van der Waals surface area contributed by atoms with Gasteiger partial charge >= 0.3 is 0 Å². The summed E-state index contributed by atoms with van der Waals surface area (Å²) in [5.74, 6) is 3.03. The maximum atomic E-state index is 15.1. The van der Waals surface area contributed by atoms with E-state index < -0.39 is 32.9 Å². The number of benzene rings is 2. The molecule has 0 amide bonds. The third-order valence-corrected chi connectivity index (χ3v) is 6.24. The average Bonchev–Trinajstić information content (AvgIpc) is 3.28. The second kappa shape index (κ2) is 7.96. The summed E-state index contributed by atoms with van der Waals surface area (Å²) in [6.45, 7) is 0. The number of nitrogens with zero attached hydrogens (tertiary/aromatic N) is 3. The van der Waals surface area contributed by atoms with E-state index in [1.807, 2.05) is 0 Å². The van der Waals surface area contributed by atoms with Crippen molar-refractivity contribution in [1.29, 1.82) is 0 Å². The summed E-state index contributed by atoms with van der Waals surface area (Å²) in [7, 11) is -4.22. The number of nitrogens with one attached hydrogen (secondary N) is 2. The van der Waals surface area contributed by atoms with Crippen LogP contribution < -0.4 is 4.72 Å². The van der Waals surface area contributed by atoms with E-state index in [-0.39, 0.29) is 10.4 Å². The third kappa shape index (κ3) is 3.86. The van der Waals surface area contributed by atoms with Gasteiger partial charge in [-0.3, -0.25) is 14.8 Å². The highest BCUT2D eigenvalue weighted by Gasteiger charge is 2.22. The lowest BCUT2D eigenvalue weighted by Gasteiger charge is -2.11. The van der Waals surface area contributed by atoms with Gasteiger partial charge in [-0.25, -0.2) is 22.2 Å². The molecule has 33 heavy (non-hydrogen) atoms. The molecule has 0 saturated heterocycles. The van der Waals surface area contributed by atoms with E-state index in [0.29, 0.717) is 22.0 Å². The predicted octanol–water partition coefficient (Wildman–Crippen LogP) is 3.98. The number of fused-ring (bicyclic) bond motifs is 2. The number of rotatable bonds is 3. The van der Waals surface area contributed by atoms with Gasteiger partial charge in [0.15, 0.2) is 11.5 Å². The van der Waals surface area contributed by atoms with Gasteiger partial charge in [0.25, 0.3) is 10.0 Å². The van der Waals surface area contributed by atoms with Gasteiger partial charge in [0.1, 0.15) is 10.7 Å². The number of halogens is 2. The summed E-state index contributed by atoms with van der Waals surface area (Å²) < 4.78 is 57.6. The number of hydrogen-bond acceptors (Lipinski definition) is 5. The Morgan fingerprint density at radius 1 is 0.939 bits per heavy atom.